The SMILES string of the molecule is N/C(=N/C(Cl)=C(/Cl)c1ccccc1)C(Cl)c1ccccc1. The number of rotatable bonds is 4. The first-order chi connectivity index (χ1) is 10.1. The second kappa shape index (κ2) is 7.51. The molecule has 2 rings (SSSR count). The zero-order valence-corrected chi connectivity index (χ0v) is 13.3. The molecule has 1 atom stereocenters. The third-order valence-electron chi connectivity index (χ3n) is 2.79. The third kappa shape index (κ3) is 4.24. The van der Waals surface area contributed by atoms with Crippen molar-refractivity contribution in [2.75, 3.05) is 0 Å². The van der Waals surface area contributed by atoms with Crippen LogP contribution in [0.1, 0.15) is 16.5 Å². The lowest BCUT2D eigenvalue weighted by Gasteiger charge is -2.09. The average Bonchev–Trinajstić information content (AvgIpc) is 2.55. The van der Waals surface area contributed by atoms with Crippen LogP contribution in [0.5, 0.6) is 0 Å². The minimum atomic E-state index is -0.555. The first-order valence-electron chi connectivity index (χ1n) is 6.23. The Bertz CT molecular complexity index is 652. The summed E-state index contributed by atoms with van der Waals surface area (Å²) in [6, 6.07) is 18.7. The van der Waals surface area contributed by atoms with Crippen LogP contribution in [0.15, 0.2) is 70.8 Å². The van der Waals surface area contributed by atoms with Gasteiger partial charge in [-0.3, -0.25) is 0 Å². The summed E-state index contributed by atoms with van der Waals surface area (Å²) in [5.41, 5.74) is 7.52. The highest BCUT2D eigenvalue weighted by atomic mass is 35.5. The predicted octanol–water partition coefficient (Wildman–Crippen LogP) is 5.13. The molecule has 2 aromatic rings. The smallest absolute Gasteiger partial charge is 0.150 e. The molecule has 0 aliphatic rings. The standard InChI is InChI=1S/C16H13Cl3N2/c17-13(11-7-3-1-4-8-11)15(19)21-16(20)14(18)12-9-5-2-6-10-12/h1-10,14H,(H2,20,21)/b15-13+. The monoisotopic (exact) mass is 338 g/mol. The van der Waals surface area contributed by atoms with Gasteiger partial charge in [-0.1, -0.05) is 83.9 Å². The van der Waals surface area contributed by atoms with Gasteiger partial charge in [0.15, 0.2) is 0 Å². The molecule has 108 valence electrons. The van der Waals surface area contributed by atoms with Crippen molar-refractivity contribution >= 4 is 45.7 Å². The normalized spacial score (nSPS) is 14.5. The van der Waals surface area contributed by atoms with Crippen molar-refractivity contribution in [2.24, 2.45) is 10.7 Å². The van der Waals surface area contributed by atoms with Crippen LogP contribution in [-0.2, 0) is 0 Å². The van der Waals surface area contributed by atoms with E-state index >= 15 is 0 Å². The molecule has 21 heavy (non-hydrogen) atoms. The summed E-state index contributed by atoms with van der Waals surface area (Å²) in [6.45, 7) is 0. The van der Waals surface area contributed by atoms with E-state index in [1.54, 1.807) is 0 Å². The van der Waals surface area contributed by atoms with Crippen molar-refractivity contribution in [3.63, 3.8) is 0 Å². The van der Waals surface area contributed by atoms with Crippen molar-refractivity contribution in [2.45, 2.75) is 5.38 Å². The molecule has 2 aromatic carbocycles. The first-order valence-corrected chi connectivity index (χ1v) is 7.42. The molecule has 0 saturated carbocycles. The molecule has 0 aliphatic heterocycles. The highest BCUT2D eigenvalue weighted by Crippen LogP contribution is 2.28. The summed E-state index contributed by atoms with van der Waals surface area (Å²) in [7, 11) is 0. The fraction of sp³-hybridized carbons (Fsp3) is 0.0625. The zero-order valence-electron chi connectivity index (χ0n) is 11.0. The Morgan fingerprint density at radius 3 is 2.00 bits per heavy atom. The second-order valence-corrected chi connectivity index (χ2v) is 5.45. The molecule has 0 amide bonds. The van der Waals surface area contributed by atoms with Crippen molar-refractivity contribution in [3.8, 4) is 0 Å². The zero-order chi connectivity index (χ0) is 15.2. The molecule has 0 fully saturated rings. The lowest BCUT2D eigenvalue weighted by atomic mass is 10.1. The Balaban J connectivity index is 2.26. The summed E-state index contributed by atoms with van der Waals surface area (Å²) in [6.07, 6.45) is 0. The minimum Gasteiger partial charge on any atom is -0.386 e. The van der Waals surface area contributed by atoms with E-state index in [1.807, 2.05) is 60.7 Å². The Morgan fingerprint density at radius 1 is 0.905 bits per heavy atom. The molecule has 0 aliphatic carbocycles. The molecule has 2 nitrogen and oxygen atoms in total. The van der Waals surface area contributed by atoms with Crippen molar-refractivity contribution in [1.29, 1.82) is 0 Å². The van der Waals surface area contributed by atoms with Crippen LogP contribution in [0, 0.1) is 0 Å². The van der Waals surface area contributed by atoms with E-state index in [9.17, 15) is 0 Å². The van der Waals surface area contributed by atoms with Crippen LogP contribution in [0.3, 0.4) is 0 Å². The van der Waals surface area contributed by atoms with Gasteiger partial charge in [0, 0.05) is 0 Å². The Kier molecular flexibility index (Phi) is 5.68. The lowest BCUT2D eigenvalue weighted by molar-refractivity contribution is 1.22. The van der Waals surface area contributed by atoms with Gasteiger partial charge in [-0.05, 0) is 11.1 Å². The Hall–Kier alpha value is -1.48. The number of nitrogens with zero attached hydrogens (tertiary/aromatic N) is 1. The molecule has 1 unspecified atom stereocenters. The van der Waals surface area contributed by atoms with Crippen LogP contribution < -0.4 is 5.73 Å². The molecule has 0 spiro atoms. The minimum absolute atomic E-state index is 0.113. The van der Waals surface area contributed by atoms with Gasteiger partial charge in [0.05, 0.1) is 5.03 Å². The number of alkyl halides is 1. The first kappa shape index (κ1) is 15.9. The molecule has 0 heterocycles. The Labute approximate surface area is 138 Å². The molecule has 0 saturated heterocycles. The van der Waals surface area contributed by atoms with Gasteiger partial charge < -0.3 is 5.73 Å². The number of nitrogens with two attached hydrogens (primary N) is 1. The van der Waals surface area contributed by atoms with Gasteiger partial charge in [0.2, 0.25) is 0 Å². The number of hydrogen-bond donors (Lipinski definition) is 1. The molecule has 2 N–H and O–H groups in total. The van der Waals surface area contributed by atoms with Crippen LogP contribution >= 0.6 is 34.8 Å². The number of halogens is 3. The van der Waals surface area contributed by atoms with Gasteiger partial charge in [0.1, 0.15) is 16.4 Å². The Morgan fingerprint density at radius 2 is 1.43 bits per heavy atom. The quantitative estimate of drug-likeness (QED) is 0.357. The van der Waals surface area contributed by atoms with Crippen LogP contribution in [-0.4, -0.2) is 5.84 Å². The molecule has 5 heteroatoms. The van der Waals surface area contributed by atoms with Gasteiger partial charge in [-0.15, -0.1) is 11.6 Å². The van der Waals surface area contributed by atoms with Gasteiger partial charge in [0.25, 0.3) is 0 Å². The van der Waals surface area contributed by atoms with Gasteiger partial charge >= 0.3 is 0 Å². The third-order valence-corrected chi connectivity index (χ3v) is 4.03. The van der Waals surface area contributed by atoms with Gasteiger partial charge in [-0.2, -0.15) is 0 Å². The van der Waals surface area contributed by atoms with E-state index in [2.05, 4.69) is 4.99 Å². The lowest BCUT2D eigenvalue weighted by Crippen LogP contribution is -2.18. The second-order valence-electron chi connectivity index (χ2n) is 4.28. The maximum atomic E-state index is 6.27. The fourth-order valence-electron chi connectivity index (χ4n) is 1.72. The highest BCUT2D eigenvalue weighted by Gasteiger charge is 2.13. The molecule has 0 radical (unpaired) electrons. The fourth-order valence-corrected chi connectivity index (χ4v) is 2.28. The number of aliphatic imine (C=N–C) groups is 1. The van der Waals surface area contributed by atoms with E-state index < -0.39 is 5.38 Å². The largest absolute Gasteiger partial charge is 0.386 e. The van der Waals surface area contributed by atoms with Crippen LogP contribution in [0.2, 0.25) is 0 Å². The van der Waals surface area contributed by atoms with Crippen molar-refractivity contribution in [1.82, 2.24) is 0 Å². The van der Waals surface area contributed by atoms with Gasteiger partial charge in [-0.25, -0.2) is 4.99 Å². The van der Waals surface area contributed by atoms with E-state index in [-0.39, 0.29) is 11.0 Å². The van der Waals surface area contributed by atoms with E-state index in [4.69, 9.17) is 40.5 Å². The van der Waals surface area contributed by atoms with Crippen LogP contribution in [0.4, 0.5) is 0 Å². The van der Waals surface area contributed by atoms with Crippen molar-refractivity contribution in [3.05, 3.63) is 76.9 Å². The maximum absolute atomic E-state index is 6.27. The maximum Gasteiger partial charge on any atom is 0.150 e. The topological polar surface area (TPSA) is 38.4 Å². The number of benzene rings is 2. The van der Waals surface area contributed by atoms with Crippen LogP contribution in [0.25, 0.3) is 5.03 Å². The van der Waals surface area contributed by atoms with E-state index in [0.717, 1.165) is 11.1 Å². The molecular formula is C16H13Cl3N2. The summed E-state index contributed by atoms with van der Waals surface area (Å²) in [4.78, 5) is 4.11. The average molecular weight is 340 g/mol. The van der Waals surface area contributed by atoms with E-state index in [0.29, 0.717) is 5.03 Å². The predicted molar refractivity (Wildman–Crippen MR) is 91.7 cm³/mol. The summed E-state index contributed by atoms with van der Waals surface area (Å²) in [5, 5.41) is -0.112. The summed E-state index contributed by atoms with van der Waals surface area (Å²) in [5.74, 6) is 0.196. The van der Waals surface area contributed by atoms with Crippen molar-refractivity contribution < 1.29 is 0 Å². The van der Waals surface area contributed by atoms with E-state index in [1.165, 1.54) is 0 Å². The summed E-state index contributed by atoms with van der Waals surface area (Å²) < 4.78 is 0. The highest BCUT2D eigenvalue weighted by molar-refractivity contribution is 6.54. The molecule has 0 bridgehead atoms. The number of hydrogen-bond acceptors (Lipinski definition) is 1. The number of amidine groups is 1. The summed E-state index contributed by atoms with van der Waals surface area (Å²) >= 11 is 18.6. The molecular weight excluding hydrogens is 327 g/mol. The molecule has 0 aromatic heterocycles.